The second-order valence-corrected chi connectivity index (χ2v) is 12.0. The van der Waals surface area contributed by atoms with Gasteiger partial charge in [0.05, 0.1) is 46.5 Å². The van der Waals surface area contributed by atoms with Crippen molar-refractivity contribution in [3.8, 4) is 0 Å². The maximum absolute atomic E-state index is 13.2. The largest absolute Gasteiger partial charge is 0.458 e. The topological polar surface area (TPSA) is 109 Å². The van der Waals surface area contributed by atoms with Crippen LogP contribution in [0.25, 0.3) is 6.08 Å². The van der Waals surface area contributed by atoms with Crippen LogP contribution in [-0.4, -0.2) is 57.0 Å². The molecule has 0 radical (unpaired) electrons. The lowest BCUT2D eigenvalue weighted by molar-refractivity contribution is -0.154. The van der Waals surface area contributed by atoms with Crippen LogP contribution >= 0.6 is 11.3 Å². The van der Waals surface area contributed by atoms with E-state index < -0.39 is 35.6 Å². The molecule has 3 heterocycles. The molecule has 0 aromatic carbocycles. The number of rotatable bonds is 2. The van der Waals surface area contributed by atoms with E-state index >= 15 is 0 Å². The van der Waals surface area contributed by atoms with Crippen molar-refractivity contribution in [3.05, 3.63) is 33.8 Å². The number of esters is 1. The Labute approximate surface area is 212 Å². The Hall–Kier alpha value is -1.87. The summed E-state index contributed by atoms with van der Waals surface area (Å²) in [5.41, 5.74) is 0.0391. The molecule has 0 spiro atoms. The number of cyclic esters (lactones) is 1. The molecule has 2 aliphatic rings. The number of epoxide rings is 1. The molecule has 8 heteroatoms. The van der Waals surface area contributed by atoms with Crippen LogP contribution in [0.1, 0.15) is 71.5 Å². The lowest BCUT2D eigenvalue weighted by atomic mass is 9.73. The Bertz CT molecular complexity index is 998. The monoisotopic (exact) mass is 505 g/mol. The fourth-order valence-corrected chi connectivity index (χ4v) is 5.24. The van der Waals surface area contributed by atoms with Crippen LogP contribution < -0.4 is 0 Å². The molecule has 3 rings (SSSR count). The van der Waals surface area contributed by atoms with E-state index in [1.165, 1.54) is 0 Å². The molecule has 0 bridgehead atoms. The first-order valence-corrected chi connectivity index (χ1v) is 13.2. The number of aliphatic hydroxyl groups is 2. The van der Waals surface area contributed by atoms with Gasteiger partial charge in [-0.05, 0) is 38.8 Å². The maximum atomic E-state index is 13.2. The van der Waals surface area contributed by atoms with E-state index in [-0.39, 0.29) is 29.8 Å². The number of Topliss-reactive ketones (excluding diaryl/α,β-unsaturated/α-hetero) is 1. The summed E-state index contributed by atoms with van der Waals surface area (Å²) >= 11 is 1.55. The fourth-order valence-electron chi connectivity index (χ4n) is 4.67. The number of thiazole rings is 1. The van der Waals surface area contributed by atoms with E-state index in [0.29, 0.717) is 12.8 Å². The van der Waals surface area contributed by atoms with Crippen LogP contribution in [0.5, 0.6) is 0 Å². The molecule has 0 aliphatic carbocycles. The second-order valence-electron chi connectivity index (χ2n) is 10.9. The van der Waals surface area contributed by atoms with E-state index in [2.05, 4.69) is 4.98 Å². The van der Waals surface area contributed by atoms with E-state index in [1.807, 2.05) is 51.3 Å². The van der Waals surface area contributed by atoms with Crippen LogP contribution in [0.15, 0.2) is 23.1 Å². The summed E-state index contributed by atoms with van der Waals surface area (Å²) in [6.07, 6.45) is 3.84. The van der Waals surface area contributed by atoms with E-state index in [9.17, 15) is 19.8 Å². The number of fused-ring (bicyclic) bond motifs is 1. The molecule has 2 N–H and O–H groups in total. The predicted molar refractivity (Wildman–Crippen MR) is 136 cm³/mol. The van der Waals surface area contributed by atoms with Crippen LogP contribution in [0, 0.1) is 24.2 Å². The summed E-state index contributed by atoms with van der Waals surface area (Å²) in [6, 6.07) is 0. The van der Waals surface area contributed by atoms with Gasteiger partial charge in [-0.2, -0.15) is 0 Å². The van der Waals surface area contributed by atoms with Gasteiger partial charge >= 0.3 is 5.97 Å². The number of carbonyl (C=O) groups is 2. The van der Waals surface area contributed by atoms with Gasteiger partial charge in [0.15, 0.2) is 0 Å². The van der Waals surface area contributed by atoms with Crippen molar-refractivity contribution >= 4 is 29.2 Å². The van der Waals surface area contributed by atoms with E-state index in [4.69, 9.17) is 9.47 Å². The molecule has 2 unspecified atom stereocenters. The van der Waals surface area contributed by atoms with Gasteiger partial charge in [-0.3, -0.25) is 9.59 Å². The Morgan fingerprint density at radius 2 is 1.91 bits per heavy atom. The number of carbonyl (C=O) groups excluding carboxylic acids is 2. The zero-order valence-electron chi connectivity index (χ0n) is 21.8. The third kappa shape index (κ3) is 6.47. The zero-order chi connectivity index (χ0) is 26.1. The Balaban J connectivity index is 1.89. The standard InChI is InChI=1S/C27H39NO6S/c1-15-9-8-10-27(7)22(34-27)12-20(16(2)11-19-14-35-18(4)28-19)33-23(30)13-21(29)26(5,6)25(32)17(3)24(15)31/h8-9,11,14-15,17,20-22,24,29,31H,10,12-13H2,1-7H3/b9-8+,16-11+/t15?,17-,20+,21+,22?,24+,27-/m1/s1. The summed E-state index contributed by atoms with van der Waals surface area (Å²) in [5, 5.41) is 24.5. The maximum Gasteiger partial charge on any atom is 0.309 e. The predicted octanol–water partition coefficient (Wildman–Crippen LogP) is 4.25. The van der Waals surface area contributed by atoms with Crippen molar-refractivity contribution in [1.82, 2.24) is 4.98 Å². The summed E-state index contributed by atoms with van der Waals surface area (Å²) in [4.78, 5) is 30.6. The van der Waals surface area contributed by atoms with Crippen LogP contribution in [0.2, 0.25) is 0 Å². The van der Waals surface area contributed by atoms with Crippen LogP contribution in [0.4, 0.5) is 0 Å². The van der Waals surface area contributed by atoms with Gasteiger partial charge in [0, 0.05) is 23.6 Å². The molecule has 0 amide bonds. The molecule has 7 nitrogen and oxygen atoms in total. The first kappa shape index (κ1) is 27.7. The van der Waals surface area contributed by atoms with Crippen molar-refractivity contribution in [2.75, 3.05) is 0 Å². The smallest absolute Gasteiger partial charge is 0.309 e. The minimum atomic E-state index is -1.25. The average molecular weight is 506 g/mol. The molecule has 35 heavy (non-hydrogen) atoms. The van der Waals surface area contributed by atoms with Crippen molar-refractivity contribution in [2.24, 2.45) is 17.3 Å². The van der Waals surface area contributed by atoms with Gasteiger partial charge in [0.1, 0.15) is 11.9 Å². The molecule has 0 saturated carbocycles. The van der Waals surface area contributed by atoms with Gasteiger partial charge in [0.2, 0.25) is 0 Å². The van der Waals surface area contributed by atoms with E-state index in [1.54, 1.807) is 32.1 Å². The molecule has 1 saturated heterocycles. The normalized spacial score (nSPS) is 37.9. The Morgan fingerprint density at radius 3 is 2.54 bits per heavy atom. The van der Waals surface area contributed by atoms with Gasteiger partial charge in [-0.25, -0.2) is 4.98 Å². The number of hydrogen-bond donors (Lipinski definition) is 2. The summed E-state index contributed by atoms with van der Waals surface area (Å²) in [6.45, 7) is 12.6. The quantitative estimate of drug-likeness (QED) is 0.351. The van der Waals surface area contributed by atoms with Crippen molar-refractivity contribution < 1.29 is 29.3 Å². The molecule has 1 aromatic heterocycles. The number of aryl methyl sites for hydroxylation is 1. The molecular formula is C27H39NO6S. The van der Waals surface area contributed by atoms with Crippen LogP contribution in [-0.2, 0) is 19.1 Å². The first-order chi connectivity index (χ1) is 16.2. The highest BCUT2D eigenvalue weighted by Crippen LogP contribution is 2.44. The summed E-state index contributed by atoms with van der Waals surface area (Å²) in [7, 11) is 0. The third-order valence-electron chi connectivity index (χ3n) is 7.51. The number of ether oxygens (including phenoxy) is 2. The summed E-state index contributed by atoms with van der Waals surface area (Å²) in [5.74, 6) is -1.83. The Morgan fingerprint density at radius 1 is 1.23 bits per heavy atom. The van der Waals surface area contributed by atoms with Gasteiger partial charge in [0.25, 0.3) is 0 Å². The van der Waals surface area contributed by atoms with Gasteiger partial charge in [-0.1, -0.05) is 39.8 Å². The van der Waals surface area contributed by atoms with Crippen molar-refractivity contribution in [3.63, 3.8) is 0 Å². The highest BCUT2D eigenvalue weighted by atomic mass is 32.1. The molecular weight excluding hydrogens is 466 g/mol. The lowest BCUT2D eigenvalue weighted by Gasteiger charge is -2.34. The lowest BCUT2D eigenvalue weighted by Crippen LogP contribution is -2.45. The first-order valence-electron chi connectivity index (χ1n) is 12.3. The second kappa shape index (κ2) is 10.6. The number of ketones is 1. The van der Waals surface area contributed by atoms with Gasteiger partial charge < -0.3 is 19.7 Å². The SMILES string of the molecule is C/C(=C\c1csc(C)n1)[C@@H]1CC2O[C@]2(C)C/C=C/C(C)[C@H](O)[C@@H](C)C(=O)C(C)(C)[C@@H](O)CC(=O)O1. The molecule has 194 valence electrons. The minimum Gasteiger partial charge on any atom is -0.458 e. The molecule has 1 aromatic rings. The number of hydrogen-bond acceptors (Lipinski definition) is 8. The Kier molecular flexibility index (Phi) is 8.41. The van der Waals surface area contributed by atoms with Crippen molar-refractivity contribution in [1.29, 1.82) is 0 Å². The highest BCUT2D eigenvalue weighted by molar-refractivity contribution is 7.09. The third-order valence-corrected chi connectivity index (χ3v) is 8.30. The number of nitrogens with zero attached hydrogens (tertiary/aromatic N) is 1. The van der Waals surface area contributed by atoms with Crippen molar-refractivity contribution in [2.45, 2.75) is 97.7 Å². The summed E-state index contributed by atoms with van der Waals surface area (Å²) < 4.78 is 11.9. The fraction of sp³-hybridized carbons (Fsp3) is 0.667. The average Bonchev–Trinajstić information content (AvgIpc) is 3.22. The van der Waals surface area contributed by atoms with Crippen LogP contribution in [0.3, 0.4) is 0 Å². The highest BCUT2D eigenvalue weighted by Gasteiger charge is 2.52. The van der Waals surface area contributed by atoms with E-state index in [0.717, 1.165) is 16.3 Å². The van der Waals surface area contributed by atoms with Gasteiger partial charge in [-0.15, -0.1) is 11.3 Å². The number of aromatic nitrogens is 1. The minimum absolute atomic E-state index is 0.0968. The zero-order valence-corrected chi connectivity index (χ0v) is 22.6. The molecule has 7 atom stereocenters. The number of aliphatic hydroxyl groups excluding tert-OH is 2. The molecule has 1 fully saturated rings. The molecule has 2 aliphatic heterocycles.